The van der Waals surface area contributed by atoms with Gasteiger partial charge in [-0.2, -0.15) is 0 Å². The molecule has 110 valence electrons. The number of piperazine rings is 1. The van der Waals surface area contributed by atoms with E-state index in [9.17, 15) is 4.79 Å². The molecule has 1 aromatic rings. The van der Waals surface area contributed by atoms with E-state index in [0.29, 0.717) is 16.6 Å². The number of hydrogen-bond donors (Lipinski definition) is 0. The fourth-order valence-corrected chi connectivity index (χ4v) is 2.77. The number of carbonyl (C=O) groups is 1. The Bertz CT molecular complexity index is 484. The van der Waals surface area contributed by atoms with Crippen molar-refractivity contribution in [1.29, 1.82) is 0 Å². The third-order valence-corrected chi connectivity index (χ3v) is 4.35. The lowest BCUT2D eigenvalue weighted by Crippen LogP contribution is -2.51. The summed E-state index contributed by atoms with van der Waals surface area (Å²) in [7, 11) is 0. The number of aromatic nitrogens is 1. The van der Waals surface area contributed by atoms with Gasteiger partial charge in [-0.3, -0.25) is 14.7 Å². The van der Waals surface area contributed by atoms with Crippen LogP contribution in [0.4, 0.5) is 0 Å². The summed E-state index contributed by atoms with van der Waals surface area (Å²) >= 11 is 6.15. The zero-order valence-electron chi connectivity index (χ0n) is 12.4. The zero-order valence-corrected chi connectivity index (χ0v) is 13.2. The highest BCUT2D eigenvalue weighted by Gasteiger charge is 2.25. The van der Waals surface area contributed by atoms with Crippen LogP contribution in [0.1, 0.15) is 36.3 Å². The minimum atomic E-state index is -0.00805. The summed E-state index contributed by atoms with van der Waals surface area (Å²) in [6.45, 7) is 9.67. The molecular formula is C15H22ClN3O. The molecule has 0 aliphatic carbocycles. The molecule has 0 N–H and O–H groups in total. The smallest absolute Gasteiger partial charge is 0.257 e. The Labute approximate surface area is 125 Å². The molecule has 2 heterocycles. The van der Waals surface area contributed by atoms with E-state index in [4.69, 9.17) is 11.6 Å². The first-order valence-electron chi connectivity index (χ1n) is 7.18. The molecule has 2 rings (SSSR count). The first kappa shape index (κ1) is 15.3. The predicted molar refractivity (Wildman–Crippen MR) is 81.2 cm³/mol. The van der Waals surface area contributed by atoms with Gasteiger partial charge in [0.1, 0.15) is 0 Å². The SMILES string of the molecule is CCC(C)N1CCN(C(=O)c2cnc(C)cc2Cl)CC1. The van der Waals surface area contributed by atoms with Gasteiger partial charge < -0.3 is 4.90 Å². The zero-order chi connectivity index (χ0) is 14.7. The second kappa shape index (κ2) is 6.55. The molecule has 1 aliphatic heterocycles. The number of hydrogen-bond acceptors (Lipinski definition) is 3. The van der Waals surface area contributed by atoms with E-state index in [1.54, 1.807) is 12.3 Å². The van der Waals surface area contributed by atoms with Crippen molar-refractivity contribution >= 4 is 17.5 Å². The fourth-order valence-electron chi connectivity index (χ4n) is 2.48. The van der Waals surface area contributed by atoms with Crippen molar-refractivity contribution in [3.8, 4) is 0 Å². The van der Waals surface area contributed by atoms with Crippen molar-refractivity contribution in [2.75, 3.05) is 26.2 Å². The first-order chi connectivity index (χ1) is 9.52. The summed E-state index contributed by atoms with van der Waals surface area (Å²) in [5, 5.41) is 0.492. The molecule has 1 unspecified atom stereocenters. The van der Waals surface area contributed by atoms with E-state index >= 15 is 0 Å². The van der Waals surface area contributed by atoms with Crippen LogP contribution in [0.25, 0.3) is 0 Å². The van der Waals surface area contributed by atoms with Crippen LogP contribution >= 0.6 is 11.6 Å². The van der Waals surface area contributed by atoms with Crippen LogP contribution in [-0.4, -0.2) is 52.9 Å². The Balaban J connectivity index is 2.01. The van der Waals surface area contributed by atoms with Crippen LogP contribution in [0.2, 0.25) is 5.02 Å². The second-order valence-electron chi connectivity index (χ2n) is 5.39. The Morgan fingerprint density at radius 2 is 2.05 bits per heavy atom. The number of aryl methyl sites for hydroxylation is 1. The van der Waals surface area contributed by atoms with E-state index < -0.39 is 0 Å². The Morgan fingerprint density at radius 3 is 2.60 bits per heavy atom. The van der Waals surface area contributed by atoms with Gasteiger partial charge in [0.05, 0.1) is 10.6 Å². The van der Waals surface area contributed by atoms with Crippen molar-refractivity contribution < 1.29 is 4.79 Å². The highest BCUT2D eigenvalue weighted by Crippen LogP contribution is 2.19. The quantitative estimate of drug-likeness (QED) is 0.860. The molecule has 0 aromatic carbocycles. The van der Waals surface area contributed by atoms with Gasteiger partial charge in [0.15, 0.2) is 0 Å². The topological polar surface area (TPSA) is 36.4 Å². The van der Waals surface area contributed by atoms with Crippen LogP contribution in [0.3, 0.4) is 0 Å². The maximum atomic E-state index is 12.5. The molecule has 1 amide bonds. The molecule has 0 bridgehead atoms. The van der Waals surface area contributed by atoms with E-state index in [1.165, 1.54) is 0 Å². The van der Waals surface area contributed by atoms with Gasteiger partial charge in [0.2, 0.25) is 0 Å². The highest BCUT2D eigenvalue weighted by atomic mass is 35.5. The van der Waals surface area contributed by atoms with E-state index in [0.717, 1.165) is 38.3 Å². The van der Waals surface area contributed by atoms with Crippen molar-refractivity contribution in [2.45, 2.75) is 33.2 Å². The molecule has 0 radical (unpaired) electrons. The predicted octanol–water partition coefficient (Wildman–Crippen LogP) is 2.60. The minimum absolute atomic E-state index is 0.00805. The maximum absolute atomic E-state index is 12.5. The molecule has 20 heavy (non-hydrogen) atoms. The molecule has 4 nitrogen and oxygen atoms in total. The minimum Gasteiger partial charge on any atom is -0.336 e. The average Bonchev–Trinajstić information content (AvgIpc) is 2.46. The fraction of sp³-hybridized carbons (Fsp3) is 0.600. The lowest BCUT2D eigenvalue weighted by atomic mass is 10.1. The second-order valence-corrected chi connectivity index (χ2v) is 5.80. The summed E-state index contributed by atoms with van der Waals surface area (Å²) in [5.74, 6) is -0.00805. The van der Waals surface area contributed by atoms with Crippen LogP contribution < -0.4 is 0 Å². The summed E-state index contributed by atoms with van der Waals surface area (Å²) in [4.78, 5) is 20.9. The van der Waals surface area contributed by atoms with Crippen molar-refractivity contribution in [3.63, 3.8) is 0 Å². The lowest BCUT2D eigenvalue weighted by molar-refractivity contribution is 0.0579. The van der Waals surface area contributed by atoms with Gasteiger partial charge in [-0.05, 0) is 26.3 Å². The maximum Gasteiger partial charge on any atom is 0.257 e. The summed E-state index contributed by atoms with van der Waals surface area (Å²) < 4.78 is 0. The molecule has 1 aliphatic rings. The number of halogens is 1. The third kappa shape index (κ3) is 3.30. The standard InChI is InChI=1S/C15H22ClN3O/c1-4-12(3)18-5-7-19(8-6-18)15(20)13-10-17-11(2)9-14(13)16/h9-10,12H,4-8H2,1-3H3. The van der Waals surface area contributed by atoms with E-state index in [-0.39, 0.29) is 5.91 Å². The number of nitrogens with zero attached hydrogens (tertiary/aromatic N) is 3. The Morgan fingerprint density at radius 1 is 1.40 bits per heavy atom. The molecule has 0 saturated carbocycles. The summed E-state index contributed by atoms with van der Waals surface area (Å²) in [6, 6.07) is 2.32. The Hall–Kier alpha value is -1.13. The molecule has 0 spiro atoms. The van der Waals surface area contributed by atoms with Crippen LogP contribution in [-0.2, 0) is 0 Å². The number of amides is 1. The van der Waals surface area contributed by atoms with Crippen LogP contribution in [0.15, 0.2) is 12.3 Å². The van der Waals surface area contributed by atoms with Gasteiger partial charge in [0, 0.05) is 44.1 Å². The number of rotatable bonds is 3. The summed E-state index contributed by atoms with van der Waals surface area (Å²) in [6.07, 6.45) is 2.72. The van der Waals surface area contributed by atoms with Gasteiger partial charge >= 0.3 is 0 Å². The van der Waals surface area contributed by atoms with Crippen LogP contribution in [0.5, 0.6) is 0 Å². The van der Waals surface area contributed by atoms with Crippen molar-refractivity contribution in [3.05, 3.63) is 28.5 Å². The van der Waals surface area contributed by atoms with Crippen molar-refractivity contribution in [2.24, 2.45) is 0 Å². The number of pyridine rings is 1. The van der Waals surface area contributed by atoms with Gasteiger partial charge in [-0.15, -0.1) is 0 Å². The Kier molecular flexibility index (Phi) is 5.00. The van der Waals surface area contributed by atoms with E-state index in [2.05, 4.69) is 23.7 Å². The molecule has 1 atom stereocenters. The van der Waals surface area contributed by atoms with Gasteiger partial charge in [0.25, 0.3) is 5.91 Å². The monoisotopic (exact) mass is 295 g/mol. The normalized spacial score (nSPS) is 18.1. The molecule has 1 saturated heterocycles. The highest BCUT2D eigenvalue weighted by molar-refractivity contribution is 6.33. The molecule has 1 fully saturated rings. The third-order valence-electron chi connectivity index (χ3n) is 4.04. The summed E-state index contributed by atoms with van der Waals surface area (Å²) in [5.41, 5.74) is 1.34. The molecule has 1 aromatic heterocycles. The molecular weight excluding hydrogens is 274 g/mol. The lowest BCUT2D eigenvalue weighted by Gasteiger charge is -2.37. The van der Waals surface area contributed by atoms with Gasteiger partial charge in [-0.25, -0.2) is 0 Å². The average molecular weight is 296 g/mol. The first-order valence-corrected chi connectivity index (χ1v) is 7.56. The van der Waals surface area contributed by atoms with E-state index in [1.807, 2.05) is 11.8 Å². The van der Waals surface area contributed by atoms with Crippen molar-refractivity contribution in [1.82, 2.24) is 14.8 Å². The van der Waals surface area contributed by atoms with Gasteiger partial charge in [-0.1, -0.05) is 18.5 Å². The molecule has 5 heteroatoms. The van der Waals surface area contributed by atoms with Crippen LogP contribution in [0, 0.1) is 6.92 Å². The largest absolute Gasteiger partial charge is 0.336 e. The number of carbonyl (C=O) groups excluding carboxylic acids is 1.